The van der Waals surface area contributed by atoms with Crippen molar-refractivity contribution >= 4 is 29.0 Å². The predicted molar refractivity (Wildman–Crippen MR) is 143 cm³/mol. The van der Waals surface area contributed by atoms with Gasteiger partial charge >= 0.3 is 6.09 Å². The number of hydroxylamine groups is 1. The third-order valence-electron chi connectivity index (χ3n) is 9.56. The highest BCUT2D eigenvalue weighted by Crippen LogP contribution is 2.55. The van der Waals surface area contributed by atoms with E-state index >= 15 is 0 Å². The summed E-state index contributed by atoms with van der Waals surface area (Å²) < 4.78 is 27.1. The van der Waals surface area contributed by atoms with Crippen molar-refractivity contribution in [3.05, 3.63) is 42.6 Å². The van der Waals surface area contributed by atoms with E-state index < -0.39 is 17.6 Å². The monoisotopic (exact) mass is 539 g/mol. The maximum atomic E-state index is 13.6. The number of pyridine rings is 1. The van der Waals surface area contributed by atoms with E-state index in [-0.39, 0.29) is 18.9 Å². The number of fused-ring (bicyclic) bond motifs is 1. The molecule has 39 heavy (non-hydrogen) atoms. The van der Waals surface area contributed by atoms with E-state index in [1.54, 1.807) is 11.3 Å². The molecule has 1 saturated heterocycles. The number of benzene rings is 1. The normalized spacial score (nSPS) is 32.6. The Kier molecular flexibility index (Phi) is 5.88. The van der Waals surface area contributed by atoms with Crippen LogP contribution < -0.4 is 20.2 Å². The van der Waals surface area contributed by atoms with Crippen LogP contribution in [0.15, 0.2) is 42.6 Å². The van der Waals surface area contributed by atoms with Crippen LogP contribution in [-0.4, -0.2) is 59.9 Å². The van der Waals surface area contributed by atoms with Gasteiger partial charge in [-0.15, -0.1) is 0 Å². The number of aliphatic hydroxyl groups is 1. The van der Waals surface area contributed by atoms with Crippen LogP contribution in [0.4, 0.5) is 36.5 Å². The van der Waals surface area contributed by atoms with Gasteiger partial charge in [-0.1, -0.05) is 12.1 Å². The Morgan fingerprint density at radius 1 is 0.974 bits per heavy atom. The van der Waals surface area contributed by atoms with Gasteiger partial charge in [-0.3, -0.25) is 0 Å². The van der Waals surface area contributed by atoms with Gasteiger partial charge in [0.15, 0.2) is 0 Å². The molecule has 8 rings (SSSR count). The molecule has 0 radical (unpaired) electrons. The number of halogens is 2. The highest BCUT2D eigenvalue weighted by Gasteiger charge is 2.55. The fraction of sp³-hybridized carbons (Fsp3) is 0.586. The van der Waals surface area contributed by atoms with Crippen LogP contribution in [0.25, 0.3) is 0 Å². The lowest BCUT2D eigenvalue weighted by atomic mass is 9.52. The van der Waals surface area contributed by atoms with Crippen molar-refractivity contribution in [1.29, 1.82) is 0 Å². The third kappa shape index (κ3) is 4.66. The van der Waals surface area contributed by atoms with Crippen molar-refractivity contribution in [2.45, 2.75) is 62.5 Å². The Morgan fingerprint density at radius 2 is 1.69 bits per heavy atom. The standard InChI is InChI=1S/C29H35F2N5O3/c30-29(31)7-9-34(10-8-29)22-5-6-25(32-18-22)35-11-12-36(24-4-2-1-3-23(24)35)39-27(37)33-26-20-13-19-14-21(26)17-28(38,15-19)16-20/h1-6,18-21,26,38H,7-17H2,(H,33,37)/t19?,20-,21+,26?,28?. The average Bonchev–Trinajstić information content (AvgIpc) is 2.90. The van der Waals surface area contributed by atoms with E-state index in [1.807, 2.05) is 41.3 Å². The molecule has 10 heteroatoms. The van der Waals surface area contributed by atoms with Crippen LogP contribution in [0.3, 0.4) is 0 Å². The van der Waals surface area contributed by atoms with Crippen molar-refractivity contribution in [1.82, 2.24) is 10.3 Å². The number of hydrogen-bond acceptors (Lipinski definition) is 7. The number of anilines is 4. The summed E-state index contributed by atoms with van der Waals surface area (Å²) >= 11 is 0. The molecule has 1 amide bonds. The summed E-state index contributed by atoms with van der Waals surface area (Å²) in [6, 6.07) is 11.7. The number of carbonyl (C=O) groups is 1. The van der Waals surface area contributed by atoms with Crippen LogP contribution in [0.2, 0.25) is 0 Å². The van der Waals surface area contributed by atoms with Crippen LogP contribution in [0, 0.1) is 17.8 Å². The number of aromatic nitrogens is 1. The van der Waals surface area contributed by atoms with Gasteiger partial charge in [-0.2, -0.15) is 0 Å². The third-order valence-corrected chi connectivity index (χ3v) is 9.56. The topological polar surface area (TPSA) is 81.2 Å². The van der Waals surface area contributed by atoms with Crippen molar-refractivity contribution in [2.75, 3.05) is 41.0 Å². The number of carbonyl (C=O) groups excluding carboxylic acids is 1. The molecule has 8 nitrogen and oxygen atoms in total. The summed E-state index contributed by atoms with van der Waals surface area (Å²) in [7, 11) is 0. The van der Waals surface area contributed by atoms with Crippen molar-refractivity contribution in [2.24, 2.45) is 17.8 Å². The van der Waals surface area contributed by atoms with Gasteiger partial charge in [0.2, 0.25) is 0 Å². The summed E-state index contributed by atoms with van der Waals surface area (Å²) in [5, 5.41) is 15.6. The number of amides is 1. The number of rotatable bonds is 4. The quantitative estimate of drug-likeness (QED) is 0.575. The fourth-order valence-electron chi connectivity index (χ4n) is 7.96. The first-order chi connectivity index (χ1) is 18.8. The van der Waals surface area contributed by atoms with Crippen LogP contribution in [-0.2, 0) is 4.84 Å². The van der Waals surface area contributed by atoms with Crippen molar-refractivity contribution in [3.8, 4) is 0 Å². The summed E-state index contributed by atoms with van der Waals surface area (Å²) in [6.07, 6.45) is 5.61. The molecule has 2 aromatic rings. The van der Waals surface area contributed by atoms with Crippen LogP contribution >= 0.6 is 0 Å². The average molecular weight is 540 g/mol. The largest absolute Gasteiger partial charge is 0.431 e. The molecular formula is C29H35F2N5O3. The number of piperidine rings is 1. The Labute approximate surface area is 226 Å². The number of nitrogens with zero attached hydrogens (tertiary/aromatic N) is 4. The number of hydrogen-bond donors (Lipinski definition) is 2. The first kappa shape index (κ1) is 24.9. The zero-order valence-corrected chi connectivity index (χ0v) is 21.9. The van der Waals surface area contributed by atoms with Gasteiger partial charge in [-0.25, -0.2) is 23.6 Å². The zero-order chi connectivity index (χ0) is 26.8. The van der Waals surface area contributed by atoms with E-state index in [0.717, 1.165) is 55.0 Å². The first-order valence-corrected chi connectivity index (χ1v) is 14.2. The van der Waals surface area contributed by atoms with Gasteiger partial charge in [-0.05, 0) is 74.1 Å². The molecule has 2 aliphatic heterocycles. The fourth-order valence-corrected chi connectivity index (χ4v) is 7.96. The van der Waals surface area contributed by atoms with E-state index in [2.05, 4.69) is 15.2 Å². The highest BCUT2D eigenvalue weighted by atomic mass is 19.3. The minimum absolute atomic E-state index is 0.0553. The molecule has 4 aliphatic carbocycles. The first-order valence-electron chi connectivity index (χ1n) is 14.2. The molecule has 4 bridgehead atoms. The minimum atomic E-state index is -2.58. The van der Waals surface area contributed by atoms with Gasteiger partial charge in [0, 0.05) is 38.5 Å². The highest BCUT2D eigenvalue weighted by molar-refractivity contribution is 5.79. The van der Waals surface area contributed by atoms with E-state index in [0.29, 0.717) is 43.9 Å². The minimum Gasteiger partial charge on any atom is -0.390 e. The van der Waals surface area contributed by atoms with E-state index in [9.17, 15) is 18.7 Å². The van der Waals surface area contributed by atoms with Crippen molar-refractivity contribution < 1.29 is 23.5 Å². The molecule has 5 fully saturated rings. The molecule has 0 spiro atoms. The van der Waals surface area contributed by atoms with Gasteiger partial charge in [0.1, 0.15) is 5.82 Å². The Morgan fingerprint density at radius 3 is 2.36 bits per heavy atom. The maximum absolute atomic E-state index is 13.6. The summed E-state index contributed by atoms with van der Waals surface area (Å²) in [5.41, 5.74) is 1.97. The second-order valence-corrected chi connectivity index (χ2v) is 12.2. The Hall–Kier alpha value is -3.14. The lowest BCUT2D eigenvalue weighted by Gasteiger charge is -2.57. The number of para-hydroxylation sites is 2. The predicted octanol–water partition coefficient (Wildman–Crippen LogP) is 4.86. The summed E-state index contributed by atoms with van der Waals surface area (Å²) in [4.78, 5) is 27.6. The van der Waals surface area contributed by atoms with Gasteiger partial charge in [0.05, 0.1) is 35.4 Å². The summed E-state index contributed by atoms with van der Waals surface area (Å²) in [5.74, 6) is -0.621. The number of nitrogens with one attached hydrogen (secondary N) is 1. The Bertz CT molecular complexity index is 1220. The van der Waals surface area contributed by atoms with Gasteiger partial charge < -0.3 is 25.1 Å². The smallest absolute Gasteiger partial charge is 0.390 e. The zero-order valence-electron chi connectivity index (χ0n) is 21.9. The molecule has 3 unspecified atom stereocenters. The van der Waals surface area contributed by atoms with Crippen LogP contribution in [0.1, 0.15) is 44.9 Å². The molecule has 4 saturated carbocycles. The molecule has 2 N–H and O–H groups in total. The molecule has 1 aromatic carbocycles. The number of alkyl halides is 2. The maximum Gasteiger partial charge on any atom is 0.431 e. The molecule has 1 aromatic heterocycles. The lowest BCUT2D eigenvalue weighted by molar-refractivity contribution is -0.137. The molecule has 5 atom stereocenters. The second kappa shape index (κ2) is 9.21. The molecule has 6 aliphatic rings. The summed E-state index contributed by atoms with van der Waals surface area (Å²) in [6.45, 7) is 1.67. The molecule has 3 heterocycles. The van der Waals surface area contributed by atoms with E-state index in [4.69, 9.17) is 4.84 Å². The SMILES string of the molecule is O=C(NC1[C@@H]2CC3C[C@H]1CC(O)(C3)C2)ON1CCN(c2ccc(N3CCC(F)(F)CC3)cn2)c2ccccc21. The molecule has 208 valence electrons. The van der Waals surface area contributed by atoms with Crippen LogP contribution in [0.5, 0.6) is 0 Å². The lowest BCUT2D eigenvalue weighted by Crippen LogP contribution is -2.62. The molecular weight excluding hydrogens is 504 g/mol. The van der Waals surface area contributed by atoms with Crippen molar-refractivity contribution in [3.63, 3.8) is 0 Å². The van der Waals surface area contributed by atoms with Gasteiger partial charge in [0.25, 0.3) is 5.92 Å². The Balaban J connectivity index is 1.02. The second-order valence-electron chi connectivity index (χ2n) is 12.2. The van der Waals surface area contributed by atoms with E-state index in [1.165, 1.54) is 0 Å².